The van der Waals surface area contributed by atoms with Gasteiger partial charge in [-0.25, -0.2) is 0 Å². The van der Waals surface area contributed by atoms with Gasteiger partial charge in [-0.15, -0.1) is 0 Å². The molecule has 4 rings (SSSR count). The highest BCUT2D eigenvalue weighted by atomic mass is 79.9. The SMILES string of the molecule is CC1=C(\Br)C=NC\C(NC2CCN(C3CCCC3)CC2)=C/C(c2ccccc2N)=N/1. The van der Waals surface area contributed by atoms with E-state index in [1.165, 1.54) is 51.6 Å². The van der Waals surface area contributed by atoms with Crippen LogP contribution in [0.1, 0.15) is 51.0 Å². The fourth-order valence-electron chi connectivity index (χ4n) is 4.69. The Hall–Kier alpha value is -1.92. The van der Waals surface area contributed by atoms with Gasteiger partial charge in [0.05, 0.1) is 22.4 Å². The van der Waals surface area contributed by atoms with Gasteiger partial charge in [0.1, 0.15) is 0 Å². The number of likely N-dealkylation sites (tertiary alicyclic amines) is 1. The Morgan fingerprint density at radius 2 is 1.83 bits per heavy atom. The summed E-state index contributed by atoms with van der Waals surface area (Å²) in [5.41, 5.74) is 10.8. The fourth-order valence-corrected chi connectivity index (χ4v) is 4.92. The first-order valence-corrected chi connectivity index (χ1v) is 11.9. The van der Waals surface area contributed by atoms with Gasteiger partial charge < -0.3 is 16.0 Å². The molecule has 0 radical (unpaired) electrons. The zero-order chi connectivity index (χ0) is 20.9. The van der Waals surface area contributed by atoms with Crippen molar-refractivity contribution < 1.29 is 0 Å². The van der Waals surface area contributed by atoms with Crippen molar-refractivity contribution in [2.24, 2.45) is 9.98 Å². The number of nitrogens with two attached hydrogens (primary N) is 1. The molecule has 5 nitrogen and oxygen atoms in total. The van der Waals surface area contributed by atoms with E-state index in [4.69, 9.17) is 10.7 Å². The smallest absolute Gasteiger partial charge is 0.0787 e. The molecule has 0 spiro atoms. The molecule has 1 saturated carbocycles. The first kappa shape index (κ1) is 21.3. The third-order valence-electron chi connectivity index (χ3n) is 6.41. The summed E-state index contributed by atoms with van der Waals surface area (Å²) in [5, 5.41) is 3.78. The average Bonchev–Trinajstić information content (AvgIpc) is 3.29. The second-order valence-corrected chi connectivity index (χ2v) is 9.40. The molecule has 0 amide bonds. The number of hydrogen-bond donors (Lipinski definition) is 2. The zero-order valence-electron chi connectivity index (χ0n) is 17.8. The van der Waals surface area contributed by atoms with Crippen LogP contribution in [0.25, 0.3) is 0 Å². The van der Waals surface area contributed by atoms with Crippen LogP contribution >= 0.6 is 15.9 Å². The lowest BCUT2D eigenvalue weighted by Crippen LogP contribution is -2.46. The maximum atomic E-state index is 6.27. The van der Waals surface area contributed by atoms with Gasteiger partial charge in [0, 0.05) is 48.3 Å². The average molecular weight is 470 g/mol. The molecule has 0 unspecified atom stereocenters. The summed E-state index contributed by atoms with van der Waals surface area (Å²) in [6, 6.07) is 9.22. The molecular formula is C24H32BrN5. The summed E-state index contributed by atoms with van der Waals surface area (Å²) in [7, 11) is 0. The number of anilines is 1. The maximum absolute atomic E-state index is 6.27. The number of benzene rings is 1. The highest BCUT2D eigenvalue weighted by Gasteiger charge is 2.27. The Morgan fingerprint density at radius 3 is 2.57 bits per heavy atom. The predicted molar refractivity (Wildman–Crippen MR) is 130 cm³/mol. The minimum atomic E-state index is 0.483. The third-order valence-corrected chi connectivity index (χ3v) is 7.19. The van der Waals surface area contributed by atoms with Gasteiger partial charge >= 0.3 is 0 Å². The van der Waals surface area contributed by atoms with Crippen LogP contribution in [-0.4, -0.2) is 48.5 Å². The molecule has 1 saturated heterocycles. The van der Waals surface area contributed by atoms with Crippen LogP contribution in [0.3, 0.4) is 0 Å². The number of allylic oxidation sites excluding steroid dienone is 3. The minimum Gasteiger partial charge on any atom is -0.398 e. The third kappa shape index (κ3) is 5.22. The zero-order valence-corrected chi connectivity index (χ0v) is 19.4. The van der Waals surface area contributed by atoms with Crippen LogP contribution in [-0.2, 0) is 0 Å². The van der Waals surface area contributed by atoms with Gasteiger partial charge in [-0.05, 0) is 60.7 Å². The van der Waals surface area contributed by atoms with E-state index in [1.807, 2.05) is 37.4 Å². The first-order chi connectivity index (χ1) is 14.6. The Morgan fingerprint density at radius 1 is 1.10 bits per heavy atom. The number of halogens is 1. The lowest BCUT2D eigenvalue weighted by Gasteiger charge is -2.36. The van der Waals surface area contributed by atoms with Crippen molar-refractivity contribution in [2.75, 3.05) is 25.4 Å². The van der Waals surface area contributed by atoms with E-state index in [1.54, 1.807) is 0 Å². The fraction of sp³-hybridized carbons (Fsp3) is 0.500. The molecule has 1 aromatic rings. The molecule has 0 atom stereocenters. The Kier molecular flexibility index (Phi) is 7.05. The number of rotatable bonds is 4. The highest BCUT2D eigenvalue weighted by molar-refractivity contribution is 9.12. The van der Waals surface area contributed by atoms with Gasteiger partial charge in [0.25, 0.3) is 0 Å². The van der Waals surface area contributed by atoms with E-state index < -0.39 is 0 Å². The summed E-state index contributed by atoms with van der Waals surface area (Å²) in [4.78, 5) is 12.2. The maximum Gasteiger partial charge on any atom is 0.0787 e. The van der Waals surface area contributed by atoms with Crippen molar-refractivity contribution in [3.05, 3.63) is 51.8 Å². The van der Waals surface area contributed by atoms with Crippen LogP contribution in [0, 0.1) is 0 Å². The number of aliphatic imine (C=N–C) groups is 2. The van der Waals surface area contributed by atoms with E-state index in [0.29, 0.717) is 12.6 Å². The molecule has 2 fully saturated rings. The van der Waals surface area contributed by atoms with Crippen LogP contribution in [0.5, 0.6) is 0 Å². The molecule has 1 aromatic carbocycles. The van der Waals surface area contributed by atoms with E-state index in [9.17, 15) is 0 Å². The lowest BCUT2D eigenvalue weighted by molar-refractivity contribution is 0.148. The molecule has 3 aliphatic rings. The van der Waals surface area contributed by atoms with Crippen molar-refractivity contribution in [1.82, 2.24) is 10.2 Å². The van der Waals surface area contributed by atoms with Crippen molar-refractivity contribution >= 4 is 33.5 Å². The quantitative estimate of drug-likeness (QED) is 0.630. The first-order valence-electron chi connectivity index (χ1n) is 11.1. The van der Waals surface area contributed by atoms with Crippen molar-refractivity contribution in [2.45, 2.75) is 57.5 Å². The Balaban J connectivity index is 1.51. The minimum absolute atomic E-state index is 0.483. The predicted octanol–water partition coefficient (Wildman–Crippen LogP) is 4.65. The monoisotopic (exact) mass is 469 g/mol. The molecule has 3 N–H and O–H groups in total. The normalized spacial score (nSPS) is 28.2. The number of hydrogen-bond acceptors (Lipinski definition) is 5. The number of para-hydroxylation sites is 1. The molecule has 160 valence electrons. The molecule has 6 heteroatoms. The van der Waals surface area contributed by atoms with Gasteiger partial charge in [-0.3, -0.25) is 9.98 Å². The van der Waals surface area contributed by atoms with E-state index >= 15 is 0 Å². The molecule has 2 heterocycles. The summed E-state index contributed by atoms with van der Waals surface area (Å²) in [5.74, 6) is 0. The topological polar surface area (TPSA) is 66.0 Å². The van der Waals surface area contributed by atoms with Gasteiger partial charge in [-0.2, -0.15) is 0 Å². The lowest BCUT2D eigenvalue weighted by atomic mass is 10.0. The van der Waals surface area contributed by atoms with Crippen LogP contribution in [0.4, 0.5) is 5.69 Å². The van der Waals surface area contributed by atoms with E-state index in [0.717, 1.165) is 38.9 Å². The standard InChI is InChI=1S/C24H32BrN5/c1-17-22(25)16-27-15-19(14-24(28-17)21-8-4-5-9-23(21)26)29-18-10-12-30(13-11-18)20-6-2-3-7-20/h4-5,8-9,14,16,18,20,29H,2-3,6-7,10-13,15,26H2,1H3/b19-14+,22-17-,27-16?,28-24-. The second kappa shape index (κ2) is 9.92. The summed E-state index contributed by atoms with van der Waals surface area (Å²) in [6.07, 6.45) is 11.9. The highest BCUT2D eigenvalue weighted by Crippen LogP contribution is 2.26. The largest absolute Gasteiger partial charge is 0.398 e. The van der Waals surface area contributed by atoms with Gasteiger partial charge in [0.2, 0.25) is 0 Å². The molecule has 30 heavy (non-hydrogen) atoms. The number of nitrogen functional groups attached to an aromatic ring is 1. The van der Waals surface area contributed by atoms with E-state index in [-0.39, 0.29) is 0 Å². The molecule has 0 aromatic heterocycles. The molecular weight excluding hydrogens is 438 g/mol. The molecule has 0 bridgehead atoms. The van der Waals surface area contributed by atoms with Crippen molar-refractivity contribution in [3.63, 3.8) is 0 Å². The number of piperidine rings is 1. The number of nitrogens with zero attached hydrogens (tertiary/aromatic N) is 3. The second-order valence-electron chi connectivity index (χ2n) is 8.55. The van der Waals surface area contributed by atoms with Gasteiger partial charge in [-0.1, -0.05) is 31.0 Å². The summed E-state index contributed by atoms with van der Waals surface area (Å²) >= 11 is 3.59. The van der Waals surface area contributed by atoms with Crippen molar-refractivity contribution in [3.8, 4) is 0 Å². The van der Waals surface area contributed by atoms with Crippen LogP contribution in [0.2, 0.25) is 0 Å². The Bertz CT molecular complexity index is 871. The van der Waals surface area contributed by atoms with Gasteiger partial charge in [0.15, 0.2) is 0 Å². The summed E-state index contributed by atoms with van der Waals surface area (Å²) in [6.45, 7) is 4.98. The number of nitrogens with one attached hydrogen (secondary N) is 1. The van der Waals surface area contributed by atoms with Crippen molar-refractivity contribution in [1.29, 1.82) is 0 Å². The molecule has 1 aliphatic carbocycles. The Labute approximate surface area is 188 Å². The van der Waals surface area contributed by atoms with E-state index in [2.05, 4.69) is 37.2 Å². The molecule has 2 aliphatic heterocycles. The summed E-state index contributed by atoms with van der Waals surface area (Å²) < 4.78 is 0.897. The van der Waals surface area contributed by atoms with Crippen LogP contribution < -0.4 is 11.1 Å². The van der Waals surface area contributed by atoms with Crippen LogP contribution in [0.15, 0.2) is 56.2 Å².